The standard InChI is InChI=1S/C13H22BrNOS/c1-3-15-11(6-5-8-16-4-2)10-13-12(14)7-9-17-13/h7,9,11,15H,3-6,8,10H2,1-2H3. The van der Waals surface area contributed by atoms with Crippen LogP contribution in [-0.4, -0.2) is 25.8 Å². The molecule has 4 heteroatoms. The molecule has 1 heterocycles. The van der Waals surface area contributed by atoms with Crippen molar-refractivity contribution in [3.05, 3.63) is 20.8 Å². The summed E-state index contributed by atoms with van der Waals surface area (Å²) in [6, 6.07) is 2.69. The maximum atomic E-state index is 5.39. The Kier molecular flexibility index (Phi) is 8.10. The van der Waals surface area contributed by atoms with Crippen LogP contribution in [0, 0.1) is 0 Å². The number of ether oxygens (including phenoxy) is 1. The zero-order valence-electron chi connectivity index (χ0n) is 10.7. The van der Waals surface area contributed by atoms with Crippen LogP contribution in [0.15, 0.2) is 15.9 Å². The number of rotatable bonds is 9. The van der Waals surface area contributed by atoms with E-state index in [0.717, 1.165) is 32.6 Å². The summed E-state index contributed by atoms with van der Waals surface area (Å²) in [5.74, 6) is 0. The highest BCUT2D eigenvalue weighted by Crippen LogP contribution is 2.24. The van der Waals surface area contributed by atoms with Gasteiger partial charge in [-0.3, -0.25) is 0 Å². The first kappa shape index (κ1) is 15.2. The fraction of sp³-hybridized carbons (Fsp3) is 0.692. The first-order valence-electron chi connectivity index (χ1n) is 6.30. The molecule has 0 saturated heterocycles. The lowest BCUT2D eigenvalue weighted by atomic mass is 10.1. The molecule has 0 spiro atoms. The molecule has 0 saturated carbocycles. The fourth-order valence-corrected chi connectivity index (χ4v) is 3.43. The van der Waals surface area contributed by atoms with E-state index in [1.54, 1.807) is 0 Å². The van der Waals surface area contributed by atoms with Crippen LogP contribution >= 0.6 is 27.3 Å². The summed E-state index contributed by atoms with van der Waals surface area (Å²) in [7, 11) is 0. The van der Waals surface area contributed by atoms with Crippen LogP contribution in [-0.2, 0) is 11.2 Å². The number of hydrogen-bond donors (Lipinski definition) is 1. The summed E-state index contributed by atoms with van der Waals surface area (Å²) in [6.45, 7) is 6.94. The van der Waals surface area contributed by atoms with E-state index in [2.05, 4.69) is 39.6 Å². The van der Waals surface area contributed by atoms with E-state index in [0.29, 0.717) is 6.04 Å². The molecule has 1 atom stereocenters. The van der Waals surface area contributed by atoms with Crippen molar-refractivity contribution in [3.8, 4) is 0 Å². The summed E-state index contributed by atoms with van der Waals surface area (Å²) in [4.78, 5) is 1.44. The minimum atomic E-state index is 0.565. The third-order valence-electron chi connectivity index (χ3n) is 2.66. The van der Waals surface area contributed by atoms with Crippen LogP contribution in [0.1, 0.15) is 31.6 Å². The molecule has 0 aliphatic rings. The van der Waals surface area contributed by atoms with Gasteiger partial charge in [0.1, 0.15) is 0 Å². The maximum Gasteiger partial charge on any atom is 0.0466 e. The van der Waals surface area contributed by atoms with Crippen molar-refractivity contribution in [1.29, 1.82) is 0 Å². The summed E-state index contributed by atoms with van der Waals surface area (Å²) in [6.07, 6.45) is 3.42. The van der Waals surface area contributed by atoms with Gasteiger partial charge >= 0.3 is 0 Å². The van der Waals surface area contributed by atoms with Gasteiger partial charge < -0.3 is 10.1 Å². The Morgan fingerprint density at radius 3 is 2.88 bits per heavy atom. The van der Waals surface area contributed by atoms with E-state index in [1.807, 2.05) is 18.3 Å². The molecule has 17 heavy (non-hydrogen) atoms. The second-order valence-corrected chi connectivity index (χ2v) is 5.84. The van der Waals surface area contributed by atoms with Crippen molar-refractivity contribution in [2.45, 2.75) is 39.2 Å². The molecule has 1 rings (SSSR count). The van der Waals surface area contributed by atoms with E-state index in [-0.39, 0.29) is 0 Å². The Morgan fingerprint density at radius 2 is 2.29 bits per heavy atom. The van der Waals surface area contributed by atoms with Gasteiger partial charge in [-0.25, -0.2) is 0 Å². The van der Waals surface area contributed by atoms with Crippen LogP contribution in [0.3, 0.4) is 0 Å². The second kappa shape index (κ2) is 9.09. The van der Waals surface area contributed by atoms with Crippen LogP contribution in [0.2, 0.25) is 0 Å². The molecular formula is C13H22BrNOS. The normalized spacial score (nSPS) is 12.9. The molecule has 0 bridgehead atoms. The summed E-state index contributed by atoms with van der Waals surface area (Å²) < 4.78 is 6.63. The second-order valence-electron chi connectivity index (χ2n) is 3.99. The minimum absolute atomic E-state index is 0.565. The Morgan fingerprint density at radius 1 is 1.47 bits per heavy atom. The SMILES string of the molecule is CCNC(CCCOCC)Cc1sccc1Br. The van der Waals surface area contributed by atoms with E-state index >= 15 is 0 Å². The Bertz CT molecular complexity index is 303. The number of hydrogen-bond acceptors (Lipinski definition) is 3. The fourth-order valence-electron chi connectivity index (χ4n) is 1.84. The van der Waals surface area contributed by atoms with Crippen LogP contribution in [0.5, 0.6) is 0 Å². The van der Waals surface area contributed by atoms with Crippen molar-refractivity contribution < 1.29 is 4.74 Å². The smallest absolute Gasteiger partial charge is 0.0466 e. The molecule has 0 aromatic carbocycles. The molecule has 0 aliphatic carbocycles. The average Bonchev–Trinajstić information content (AvgIpc) is 2.71. The predicted octanol–water partition coefficient (Wildman–Crippen LogP) is 3.85. The van der Waals surface area contributed by atoms with Crippen LogP contribution < -0.4 is 5.32 Å². The number of nitrogens with one attached hydrogen (secondary N) is 1. The average molecular weight is 320 g/mol. The lowest BCUT2D eigenvalue weighted by Crippen LogP contribution is -2.31. The Hall–Kier alpha value is 0.100. The van der Waals surface area contributed by atoms with Crippen molar-refractivity contribution in [2.24, 2.45) is 0 Å². The van der Waals surface area contributed by atoms with Crippen LogP contribution in [0.4, 0.5) is 0 Å². The van der Waals surface area contributed by atoms with Crippen molar-refractivity contribution >= 4 is 27.3 Å². The quantitative estimate of drug-likeness (QED) is 0.698. The van der Waals surface area contributed by atoms with E-state index in [4.69, 9.17) is 4.74 Å². The Balaban J connectivity index is 2.35. The third kappa shape index (κ3) is 6.00. The molecular weight excluding hydrogens is 298 g/mol. The highest BCUT2D eigenvalue weighted by atomic mass is 79.9. The van der Waals surface area contributed by atoms with Gasteiger partial charge in [0, 0.05) is 28.6 Å². The van der Waals surface area contributed by atoms with Gasteiger partial charge in [0.05, 0.1) is 0 Å². The van der Waals surface area contributed by atoms with Gasteiger partial charge in [0.15, 0.2) is 0 Å². The number of likely N-dealkylation sites (N-methyl/N-ethyl adjacent to an activating group) is 1. The lowest BCUT2D eigenvalue weighted by Gasteiger charge is -2.17. The Labute approximate surface area is 117 Å². The summed E-state index contributed by atoms with van der Waals surface area (Å²) in [5, 5.41) is 5.70. The van der Waals surface area contributed by atoms with E-state index in [9.17, 15) is 0 Å². The van der Waals surface area contributed by atoms with Crippen LogP contribution in [0.25, 0.3) is 0 Å². The molecule has 1 N–H and O–H groups in total. The van der Waals surface area contributed by atoms with Gasteiger partial charge in [0.25, 0.3) is 0 Å². The zero-order valence-corrected chi connectivity index (χ0v) is 13.1. The highest BCUT2D eigenvalue weighted by Gasteiger charge is 2.11. The zero-order chi connectivity index (χ0) is 12.5. The van der Waals surface area contributed by atoms with Gasteiger partial charge in [0.2, 0.25) is 0 Å². The largest absolute Gasteiger partial charge is 0.382 e. The van der Waals surface area contributed by atoms with Gasteiger partial charge in [-0.05, 0) is 60.1 Å². The molecule has 1 aromatic rings. The topological polar surface area (TPSA) is 21.3 Å². The van der Waals surface area contributed by atoms with Gasteiger partial charge in [-0.15, -0.1) is 11.3 Å². The highest BCUT2D eigenvalue weighted by molar-refractivity contribution is 9.10. The first-order chi connectivity index (χ1) is 8.27. The molecule has 0 radical (unpaired) electrons. The predicted molar refractivity (Wildman–Crippen MR) is 78.9 cm³/mol. The minimum Gasteiger partial charge on any atom is -0.382 e. The van der Waals surface area contributed by atoms with E-state index < -0.39 is 0 Å². The molecule has 0 amide bonds. The maximum absolute atomic E-state index is 5.39. The summed E-state index contributed by atoms with van der Waals surface area (Å²) >= 11 is 5.43. The van der Waals surface area contributed by atoms with Gasteiger partial charge in [-0.1, -0.05) is 6.92 Å². The molecule has 0 aliphatic heterocycles. The molecule has 0 fully saturated rings. The van der Waals surface area contributed by atoms with E-state index in [1.165, 1.54) is 15.8 Å². The first-order valence-corrected chi connectivity index (χ1v) is 7.98. The lowest BCUT2D eigenvalue weighted by molar-refractivity contribution is 0.141. The number of thiophene rings is 1. The van der Waals surface area contributed by atoms with Crippen molar-refractivity contribution in [1.82, 2.24) is 5.32 Å². The molecule has 1 aromatic heterocycles. The van der Waals surface area contributed by atoms with Gasteiger partial charge in [-0.2, -0.15) is 0 Å². The number of halogens is 1. The summed E-state index contributed by atoms with van der Waals surface area (Å²) in [5.41, 5.74) is 0. The van der Waals surface area contributed by atoms with Crippen molar-refractivity contribution in [3.63, 3.8) is 0 Å². The molecule has 1 unspecified atom stereocenters. The van der Waals surface area contributed by atoms with Crippen molar-refractivity contribution in [2.75, 3.05) is 19.8 Å². The monoisotopic (exact) mass is 319 g/mol. The third-order valence-corrected chi connectivity index (χ3v) is 4.61. The molecule has 2 nitrogen and oxygen atoms in total. The molecule has 98 valence electrons.